The van der Waals surface area contributed by atoms with Crippen LogP contribution in [0.5, 0.6) is 0 Å². The highest BCUT2D eigenvalue weighted by Crippen LogP contribution is 2.12. The molecule has 0 unspecified atom stereocenters. The van der Waals surface area contributed by atoms with E-state index in [1.54, 1.807) is 6.07 Å². The van der Waals surface area contributed by atoms with Crippen LogP contribution in [0.15, 0.2) is 24.3 Å². The molecule has 0 amide bonds. The minimum atomic E-state index is -2.32. The van der Waals surface area contributed by atoms with E-state index < -0.39 is 6.43 Å². The molecule has 0 aromatic heterocycles. The van der Waals surface area contributed by atoms with Crippen LogP contribution in [0.4, 0.5) is 14.5 Å². The first kappa shape index (κ1) is 12.2. The number of alkyl halides is 3. The Kier molecular flexibility index (Phi) is 5.40. The standard InChI is InChI=1S/C11H14ClF2N/c12-6-2-4-9-3-1-5-10(7-9)15-8-11(13)14/h1,3,5,7,11,15H,2,4,6,8H2. The van der Waals surface area contributed by atoms with Gasteiger partial charge in [-0.15, -0.1) is 11.6 Å². The molecule has 1 nitrogen and oxygen atoms in total. The van der Waals surface area contributed by atoms with Crippen LogP contribution in [0.1, 0.15) is 12.0 Å². The smallest absolute Gasteiger partial charge is 0.255 e. The second-order valence-electron chi connectivity index (χ2n) is 3.26. The Morgan fingerprint density at radius 1 is 1.33 bits per heavy atom. The SMILES string of the molecule is FC(F)CNc1cccc(CCCCl)c1. The van der Waals surface area contributed by atoms with Crippen molar-refractivity contribution in [2.45, 2.75) is 19.3 Å². The van der Waals surface area contributed by atoms with Gasteiger partial charge in [0.25, 0.3) is 6.43 Å². The van der Waals surface area contributed by atoms with E-state index in [0.29, 0.717) is 5.88 Å². The fourth-order valence-corrected chi connectivity index (χ4v) is 1.44. The first-order valence-electron chi connectivity index (χ1n) is 4.89. The molecule has 0 aliphatic carbocycles. The summed E-state index contributed by atoms with van der Waals surface area (Å²) < 4.78 is 23.9. The van der Waals surface area contributed by atoms with E-state index in [4.69, 9.17) is 11.6 Å². The molecule has 0 heterocycles. The molecule has 0 saturated heterocycles. The van der Waals surface area contributed by atoms with Crippen molar-refractivity contribution in [1.82, 2.24) is 0 Å². The molecule has 0 aliphatic heterocycles. The van der Waals surface area contributed by atoms with Crippen LogP contribution in [-0.4, -0.2) is 18.9 Å². The van der Waals surface area contributed by atoms with Crippen molar-refractivity contribution in [2.75, 3.05) is 17.7 Å². The van der Waals surface area contributed by atoms with E-state index in [2.05, 4.69) is 5.32 Å². The number of aryl methyl sites for hydroxylation is 1. The summed E-state index contributed by atoms with van der Waals surface area (Å²) in [6.07, 6.45) is -0.537. The first-order valence-corrected chi connectivity index (χ1v) is 5.42. The molecule has 4 heteroatoms. The quantitative estimate of drug-likeness (QED) is 0.742. The van der Waals surface area contributed by atoms with Gasteiger partial charge in [-0.05, 0) is 30.5 Å². The molecule has 1 rings (SSSR count). The minimum Gasteiger partial charge on any atom is -0.379 e. The van der Waals surface area contributed by atoms with Gasteiger partial charge in [-0.2, -0.15) is 0 Å². The topological polar surface area (TPSA) is 12.0 Å². The monoisotopic (exact) mass is 233 g/mol. The van der Waals surface area contributed by atoms with Gasteiger partial charge in [-0.1, -0.05) is 12.1 Å². The van der Waals surface area contributed by atoms with E-state index in [9.17, 15) is 8.78 Å². The van der Waals surface area contributed by atoms with Gasteiger partial charge in [0, 0.05) is 11.6 Å². The average molecular weight is 234 g/mol. The lowest BCUT2D eigenvalue weighted by Gasteiger charge is -2.07. The molecule has 0 aliphatic rings. The third-order valence-electron chi connectivity index (χ3n) is 1.99. The number of hydrogen-bond donors (Lipinski definition) is 1. The van der Waals surface area contributed by atoms with Crippen LogP contribution in [-0.2, 0) is 6.42 Å². The van der Waals surface area contributed by atoms with Gasteiger partial charge in [0.1, 0.15) is 0 Å². The minimum absolute atomic E-state index is 0.307. The predicted molar refractivity (Wildman–Crippen MR) is 60.0 cm³/mol. The summed E-state index contributed by atoms with van der Waals surface area (Å²) in [5.41, 5.74) is 1.86. The number of benzene rings is 1. The van der Waals surface area contributed by atoms with Crippen LogP contribution >= 0.6 is 11.6 Å². The van der Waals surface area contributed by atoms with Crippen LogP contribution in [0.3, 0.4) is 0 Å². The number of nitrogens with one attached hydrogen (secondary N) is 1. The highest BCUT2D eigenvalue weighted by Gasteiger charge is 2.01. The molecular weight excluding hydrogens is 220 g/mol. The van der Waals surface area contributed by atoms with Crippen molar-refractivity contribution in [3.63, 3.8) is 0 Å². The summed E-state index contributed by atoms with van der Waals surface area (Å²) in [5, 5.41) is 2.68. The van der Waals surface area contributed by atoms with Crippen LogP contribution in [0.25, 0.3) is 0 Å². The first-order chi connectivity index (χ1) is 7.22. The maximum absolute atomic E-state index is 11.9. The number of rotatable bonds is 6. The summed E-state index contributed by atoms with van der Waals surface area (Å²) in [6, 6.07) is 7.50. The lowest BCUT2D eigenvalue weighted by molar-refractivity contribution is 0.163. The molecule has 84 valence electrons. The Labute approximate surface area is 93.4 Å². The van der Waals surface area contributed by atoms with Crippen LogP contribution in [0.2, 0.25) is 0 Å². The Balaban J connectivity index is 2.50. The summed E-state index contributed by atoms with van der Waals surface area (Å²) >= 11 is 5.58. The highest BCUT2D eigenvalue weighted by molar-refractivity contribution is 6.17. The number of hydrogen-bond acceptors (Lipinski definition) is 1. The summed E-state index contributed by atoms with van der Waals surface area (Å²) in [7, 11) is 0. The summed E-state index contributed by atoms with van der Waals surface area (Å²) in [6.45, 7) is -0.307. The van der Waals surface area contributed by atoms with E-state index in [1.165, 1.54) is 0 Å². The lowest BCUT2D eigenvalue weighted by Crippen LogP contribution is -2.10. The molecule has 0 saturated carbocycles. The molecule has 0 spiro atoms. The largest absolute Gasteiger partial charge is 0.379 e. The van der Waals surface area contributed by atoms with Gasteiger partial charge in [0.2, 0.25) is 0 Å². The molecular formula is C11H14ClF2N. The molecule has 0 fully saturated rings. The Morgan fingerprint density at radius 2 is 2.13 bits per heavy atom. The van der Waals surface area contributed by atoms with E-state index in [0.717, 1.165) is 24.1 Å². The van der Waals surface area contributed by atoms with Crippen molar-refractivity contribution in [1.29, 1.82) is 0 Å². The van der Waals surface area contributed by atoms with Crippen molar-refractivity contribution < 1.29 is 8.78 Å². The lowest BCUT2D eigenvalue weighted by atomic mass is 10.1. The van der Waals surface area contributed by atoms with Crippen molar-refractivity contribution in [3.8, 4) is 0 Å². The molecule has 0 atom stereocenters. The van der Waals surface area contributed by atoms with Crippen molar-refractivity contribution in [3.05, 3.63) is 29.8 Å². The van der Waals surface area contributed by atoms with Crippen molar-refractivity contribution >= 4 is 17.3 Å². The average Bonchev–Trinajstić information content (AvgIpc) is 2.24. The molecule has 0 bridgehead atoms. The van der Waals surface area contributed by atoms with Crippen molar-refractivity contribution in [2.24, 2.45) is 0 Å². The Hall–Kier alpha value is -0.830. The van der Waals surface area contributed by atoms with Gasteiger partial charge in [0.05, 0.1) is 6.54 Å². The number of halogens is 3. The Bertz CT molecular complexity index is 292. The van der Waals surface area contributed by atoms with Gasteiger partial charge >= 0.3 is 0 Å². The normalized spacial score (nSPS) is 10.7. The maximum atomic E-state index is 11.9. The third-order valence-corrected chi connectivity index (χ3v) is 2.25. The van der Waals surface area contributed by atoms with Crippen LogP contribution in [0, 0.1) is 0 Å². The third kappa shape index (κ3) is 4.98. The second-order valence-corrected chi connectivity index (χ2v) is 3.64. The van der Waals surface area contributed by atoms with E-state index in [-0.39, 0.29) is 6.54 Å². The second kappa shape index (κ2) is 6.62. The molecule has 1 aromatic rings. The molecule has 1 N–H and O–H groups in total. The predicted octanol–water partition coefficient (Wildman–Crippen LogP) is 3.54. The molecule has 15 heavy (non-hydrogen) atoms. The van der Waals surface area contributed by atoms with Gasteiger partial charge < -0.3 is 5.32 Å². The zero-order valence-corrected chi connectivity index (χ0v) is 9.11. The molecule has 1 aromatic carbocycles. The Morgan fingerprint density at radius 3 is 2.80 bits per heavy atom. The zero-order chi connectivity index (χ0) is 11.1. The molecule has 0 radical (unpaired) electrons. The zero-order valence-electron chi connectivity index (χ0n) is 8.35. The van der Waals surface area contributed by atoms with E-state index in [1.807, 2.05) is 18.2 Å². The van der Waals surface area contributed by atoms with Gasteiger partial charge in [0.15, 0.2) is 0 Å². The number of anilines is 1. The summed E-state index contributed by atoms with van der Waals surface area (Å²) in [5.74, 6) is 0.620. The fourth-order valence-electron chi connectivity index (χ4n) is 1.30. The highest BCUT2D eigenvalue weighted by atomic mass is 35.5. The van der Waals surface area contributed by atoms with Crippen LogP contribution < -0.4 is 5.32 Å². The van der Waals surface area contributed by atoms with Gasteiger partial charge in [-0.25, -0.2) is 8.78 Å². The maximum Gasteiger partial charge on any atom is 0.255 e. The van der Waals surface area contributed by atoms with Gasteiger partial charge in [-0.3, -0.25) is 0 Å². The fraction of sp³-hybridized carbons (Fsp3) is 0.455. The summed E-state index contributed by atoms with van der Waals surface area (Å²) in [4.78, 5) is 0. The van der Waals surface area contributed by atoms with E-state index >= 15 is 0 Å².